The summed E-state index contributed by atoms with van der Waals surface area (Å²) in [7, 11) is 3.26. The van der Waals surface area contributed by atoms with E-state index in [1.165, 1.54) is 12.1 Å². The van der Waals surface area contributed by atoms with Crippen LogP contribution in [-0.4, -0.2) is 47.6 Å². The molecule has 9 heteroatoms. The fraction of sp³-hybridized carbons (Fsp3) is 0.235. The maximum Gasteiger partial charge on any atom is 0.270 e. The van der Waals surface area contributed by atoms with E-state index in [9.17, 15) is 15.2 Å². The summed E-state index contributed by atoms with van der Waals surface area (Å²) < 4.78 is 26.1. The van der Waals surface area contributed by atoms with E-state index in [0.29, 0.717) is 6.42 Å². The Balaban J connectivity index is 1.34. The molecule has 0 saturated carbocycles. The molecule has 0 amide bonds. The normalized spacial score (nSPS) is 18.5. The SMILES string of the molecule is COc1ccc(C(OCC2OC(n3ccc4cc([N+](=O)[O-])ccc43)CC2O)(c2ccccc2)c2ccc(OC)cc2)cc1. The summed E-state index contributed by atoms with van der Waals surface area (Å²) in [6.07, 6.45) is 0.298. The van der Waals surface area contributed by atoms with Crippen LogP contribution < -0.4 is 9.47 Å². The van der Waals surface area contributed by atoms with E-state index >= 15 is 0 Å². The van der Waals surface area contributed by atoms with Crippen molar-refractivity contribution < 1.29 is 29.0 Å². The Morgan fingerprint density at radius 3 is 2.07 bits per heavy atom. The maximum absolute atomic E-state index is 11.2. The van der Waals surface area contributed by atoms with Crippen molar-refractivity contribution in [2.45, 2.75) is 30.5 Å². The molecule has 4 aromatic carbocycles. The third-order valence-electron chi connectivity index (χ3n) is 8.07. The van der Waals surface area contributed by atoms with E-state index in [0.717, 1.165) is 39.1 Å². The molecule has 9 nitrogen and oxygen atoms in total. The summed E-state index contributed by atoms with van der Waals surface area (Å²) in [4.78, 5) is 10.8. The van der Waals surface area contributed by atoms with Crippen molar-refractivity contribution in [2.75, 3.05) is 20.8 Å². The molecule has 1 fully saturated rings. The second kappa shape index (κ2) is 11.9. The van der Waals surface area contributed by atoms with E-state index < -0.39 is 29.0 Å². The van der Waals surface area contributed by atoms with Gasteiger partial charge in [0.25, 0.3) is 5.69 Å². The van der Waals surface area contributed by atoms with Crippen LogP contribution >= 0.6 is 0 Å². The van der Waals surface area contributed by atoms with Gasteiger partial charge in [-0.25, -0.2) is 0 Å². The number of rotatable bonds is 10. The average Bonchev–Trinajstić information content (AvgIpc) is 3.64. The third kappa shape index (κ3) is 5.34. The predicted molar refractivity (Wildman–Crippen MR) is 161 cm³/mol. The van der Waals surface area contributed by atoms with E-state index in [1.54, 1.807) is 20.3 Å². The number of aliphatic hydroxyl groups excluding tert-OH is 1. The minimum atomic E-state index is -1.04. The third-order valence-corrected chi connectivity index (χ3v) is 8.07. The van der Waals surface area contributed by atoms with E-state index in [-0.39, 0.29) is 12.3 Å². The molecule has 1 saturated heterocycles. The molecule has 1 aliphatic rings. The van der Waals surface area contributed by atoms with Crippen molar-refractivity contribution in [1.82, 2.24) is 4.57 Å². The van der Waals surface area contributed by atoms with Gasteiger partial charge in [0, 0.05) is 30.1 Å². The van der Waals surface area contributed by atoms with Gasteiger partial charge in [0.1, 0.15) is 29.4 Å². The molecule has 3 unspecified atom stereocenters. The van der Waals surface area contributed by atoms with Crippen LogP contribution in [0.25, 0.3) is 10.9 Å². The zero-order chi connectivity index (χ0) is 30.0. The number of nitrogens with zero attached hydrogens (tertiary/aromatic N) is 2. The molecule has 220 valence electrons. The molecule has 3 atom stereocenters. The number of aliphatic hydroxyl groups is 1. The monoisotopic (exact) mass is 580 g/mol. The van der Waals surface area contributed by atoms with Gasteiger partial charge < -0.3 is 28.6 Å². The van der Waals surface area contributed by atoms with Gasteiger partial charge in [-0.3, -0.25) is 10.1 Å². The Morgan fingerprint density at radius 2 is 1.49 bits per heavy atom. The molecule has 1 aromatic heterocycles. The quantitative estimate of drug-likeness (QED) is 0.119. The molecule has 6 rings (SSSR count). The van der Waals surface area contributed by atoms with Gasteiger partial charge in [0.05, 0.1) is 37.4 Å². The van der Waals surface area contributed by atoms with E-state index in [4.69, 9.17) is 18.9 Å². The number of non-ortho nitro benzene ring substituents is 1. The Morgan fingerprint density at radius 1 is 0.884 bits per heavy atom. The number of hydrogen-bond acceptors (Lipinski definition) is 7. The molecule has 2 heterocycles. The van der Waals surface area contributed by atoms with Gasteiger partial charge in [-0.15, -0.1) is 0 Å². The molecule has 0 radical (unpaired) electrons. The van der Waals surface area contributed by atoms with Gasteiger partial charge in [0.15, 0.2) is 0 Å². The molecule has 0 spiro atoms. The highest BCUT2D eigenvalue weighted by Crippen LogP contribution is 2.43. The lowest BCUT2D eigenvalue weighted by Gasteiger charge is -2.37. The smallest absolute Gasteiger partial charge is 0.270 e. The second-order valence-electron chi connectivity index (χ2n) is 10.5. The number of nitro benzene ring substituents is 1. The summed E-state index contributed by atoms with van der Waals surface area (Å²) in [6, 6.07) is 32.0. The number of nitro groups is 1. The van der Waals surface area contributed by atoms with Crippen LogP contribution in [-0.2, 0) is 15.1 Å². The van der Waals surface area contributed by atoms with Gasteiger partial charge in [-0.2, -0.15) is 0 Å². The van der Waals surface area contributed by atoms with Crippen LogP contribution in [0.3, 0.4) is 0 Å². The van der Waals surface area contributed by atoms with Crippen LogP contribution in [0.15, 0.2) is 109 Å². The van der Waals surface area contributed by atoms with Crippen LogP contribution in [0, 0.1) is 10.1 Å². The van der Waals surface area contributed by atoms with E-state index in [2.05, 4.69) is 0 Å². The topological polar surface area (TPSA) is 105 Å². The number of aromatic nitrogens is 1. The Bertz CT molecular complexity index is 1650. The predicted octanol–water partition coefficient (Wildman–Crippen LogP) is 6.22. The first-order chi connectivity index (χ1) is 20.9. The minimum absolute atomic E-state index is 0.0261. The first-order valence-corrected chi connectivity index (χ1v) is 14.0. The summed E-state index contributed by atoms with van der Waals surface area (Å²) in [6.45, 7) is 0.0926. The van der Waals surface area contributed by atoms with Crippen LogP contribution in [0.4, 0.5) is 5.69 Å². The lowest BCUT2D eigenvalue weighted by molar-refractivity contribution is -0.384. The summed E-state index contributed by atoms with van der Waals surface area (Å²) in [5.41, 5.74) is 2.45. The highest BCUT2D eigenvalue weighted by molar-refractivity contribution is 5.82. The van der Waals surface area contributed by atoms with Gasteiger partial charge >= 0.3 is 0 Å². The fourth-order valence-electron chi connectivity index (χ4n) is 5.83. The summed E-state index contributed by atoms with van der Waals surface area (Å²) in [5, 5.41) is 23.1. The molecule has 0 bridgehead atoms. The molecule has 43 heavy (non-hydrogen) atoms. The highest BCUT2D eigenvalue weighted by atomic mass is 16.6. The molecule has 0 aliphatic carbocycles. The molecule has 1 N–H and O–H groups in total. The van der Waals surface area contributed by atoms with Gasteiger partial charge in [0.2, 0.25) is 0 Å². The standard InChI is InChI=1S/C34H32N2O7/c1-40-28-13-8-25(9-14-28)34(24-6-4-3-5-7-24,26-10-15-29(41-2)16-11-26)42-22-32-31(37)21-33(43-32)35-19-18-23-20-27(36(38)39)12-17-30(23)35/h3-20,31-33,37H,21-22H2,1-2H3. The van der Waals surface area contributed by atoms with Crippen molar-refractivity contribution >= 4 is 16.6 Å². The number of fused-ring (bicyclic) bond motifs is 1. The summed E-state index contributed by atoms with van der Waals surface area (Å²) in [5.74, 6) is 1.45. The van der Waals surface area contributed by atoms with Gasteiger partial charge in [-0.1, -0.05) is 54.6 Å². The number of hydrogen-bond donors (Lipinski definition) is 1. The number of ether oxygens (including phenoxy) is 4. The molecule has 5 aromatic rings. The first kappa shape index (κ1) is 28.4. The molecule has 1 aliphatic heterocycles. The minimum Gasteiger partial charge on any atom is -0.497 e. The van der Waals surface area contributed by atoms with Crippen LogP contribution in [0.1, 0.15) is 29.3 Å². The Hall–Kier alpha value is -4.70. The van der Waals surface area contributed by atoms with Crippen LogP contribution in [0.5, 0.6) is 11.5 Å². The van der Waals surface area contributed by atoms with Gasteiger partial charge in [-0.05, 0) is 53.1 Å². The largest absolute Gasteiger partial charge is 0.497 e. The summed E-state index contributed by atoms with van der Waals surface area (Å²) >= 11 is 0. The number of methoxy groups -OCH3 is 2. The maximum atomic E-state index is 11.2. The van der Waals surface area contributed by atoms with Crippen molar-refractivity contribution in [3.8, 4) is 11.5 Å². The van der Waals surface area contributed by atoms with Crippen molar-refractivity contribution in [3.05, 3.63) is 136 Å². The molecular weight excluding hydrogens is 548 g/mol. The number of benzene rings is 4. The Labute approximate surface area is 249 Å². The highest BCUT2D eigenvalue weighted by Gasteiger charge is 2.42. The first-order valence-electron chi connectivity index (χ1n) is 14.0. The van der Waals surface area contributed by atoms with E-state index in [1.807, 2.05) is 95.7 Å². The average molecular weight is 581 g/mol. The second-order valence-corrected chi connectivity index (χ2v) is 10.5. The fourth-order valence-corrected chi connectivity index (χ4v) is 5.83. The zero-order valence-electron chi connectivity index (χ0n) is 23.8. The van der Waals surface area contributed by atoms with Crippen molar-refractivity contribution in [3.63, 3.8) is 0 Å². The van der Waals surface area contributed by atoms with Crippen molar-refractivity contribution in [2.24, 2.45) is 0 Å². The molecular formula is C34H32N2O7. The van der Waals surface area contributed by atoms with Crippen molar-refractivity contribution in [1.29, 1.82) is 0 Å². The zero-order valence-corrected chi connectivity index (χ0v) is 23.8. The lowest BCUT2D eigenvalue weighted by Crippen LogP contribution is -2.38. The lowest BCUT2D eigenvalue weighted by atomic mass is 9.80. The Kier molecular flexibility index (Phi) is 7.86. The van der Waals surface area contributed by atoms with Crippen LogP contribution in [0.2, 0.25) is 0 Å².